The molecule has 2 aromatic carbocycles. The number of aromatic nitrogens is 3. The third-order valence-corrected chi connectivity index (χ3v) is 6.53. The standard InChI is InChI=1S/C23H22FN7O5S/c1-30(37(2,35)36)18-6-4-3-5-16(18)27-22-14(21(25)34)12-26-23(29-22)28-17-11-13(7-8-15(17)24)31-19(32)9-10-20(31)33/h3-12,32-33H,1-2H3,(H2,25,34)(H2,26,27,28,29). The summed E-state index contributed by atoms with van der Waals surface area (Å²) in [6.07, 6.45) is 2.18. The van der Waals surface area contributed by atoms with E-state index in [4.69, 9.17) is 5.73 Å². The fraction of sp³-hybridized carbons (Fsp3) is 0.0870. The van der Waals surface area contributed by atoms with Crippen molar-refractivity contribution >= 4 is 44.8 Å². The molecule has 37 heavy (non-hydrogen) atoms. The molecule has 6 N–H and O–H groups in total. The van der Waals surface area contributed by atoms with Gasteiger partial charge in [0.2, 0.25) is 16.0 Å². The average Bonchev–Trinajstić information content (AvgIpc) is 3.17. The van der Waals surface area contributed by atoms with E-state index in [0.29, 0.717) is 5.69 Å². The van der Waals surface area contributed by atoms with Gasteiger partial charge in [0, 0.05) is 25.4 Å². The molecule has 0 spiro atoms. The Hall–Kier alpha value is -4.85. The first-order valence-electron chi connectivity index (χ1n) is 10.6. The van der Waals surface area contributed by atoms with Crippen LogP contribution in [0, 0.1) is 5.82 Å². The van der Waals surface area contributed by atoms with Gasteiger partial charge < -0.3 is 26.6 Å². The molecule has 0 radical (unpaired) electrons. The van der Waals surface area contributed by atoms with Crippen molar-refractivity contribution < 1.29 is 27.8 Å². The second-order valence-electron chi connectivity index (χ2n) is 7.87. The van der Waals surface area contributed by atoms with Crippen LogP contribution in [0.5, 0.6) is 11.8 Å². The number of aromatic hydroxyl groups is 2. The van der Waals surface area contributed by atoms with Crippen molar-refractivity contribution in [3.05, 3.63) is 72.2 Å². The molecule has 2 aromatic heterocycles. The van der Waals surface area contributed by atoms with Crippen LogP contribution in [0.3, 0.4) is 0 Å². The summed E-state index contributed by atoms with van der Waals surface area (Å²) in [5.41, 5.74) is 6.09. The van der Waals surface area contributed by atoms with Crippen LogP contribution >= 0.6 is 0 Å². The summed E-state index contributed by atoms with van der Waals surface area (Å²) >= 11 is 0. The first kappa shape index (κ1) is 25.2. The number of nitrogens with two attached hydrogens (primary N) is 1. The summed E-state index contributed by atoms with van der Waals surface area (Å²) in [5, 5.41) is 25.6. The number of halogens is 1. The fourth-order valence-corrected chi connectivity index (χ4v) is 3.94. The molecule has 0 atom stereocenters. The number of nitrogens with one attached hydrogen (secondary N) is 2. The average molecular weight is 528 g/mol. The van der Waals surface area contributed by atoms with Gasteiger partial charge in [0.25, 0.3) is 5.91 Å². The van der Waals surface area contributed by atoms with Gasteiger partial charge in [-0.25, -0.2) is 17.8 Å². The van der Waals surface area contributed by atoms with Crippen LogP contribution in [0.25, 0.3) is 5.69 Å². The van der Waals surface area contributed by atoms with E-state index in [9.17, 15) is 27.8 Å². The van der Waals surface area contributed by atoms with E-state index >= 15 is 0 Å². The van der Waals surface area contributed by atoms with E-state index in [0.717, 1.165) is 27.4 Å². The van der Waals surface area contributed by atoms with Crippen LogP contribution in [-0.2, 0) is 10.0 Å². The Morgan fingerprint density at radius 3 is 2.38 bits per heavy atom. The van der Waals surface area contributed by atoms with Crippen molar-refractivity contribution in [2.75, 3.05) is 28.2 Å². The SMILES string of the molecule is CN(c1ccccc1Nc1nc(Nc2cc(-n3c(O)ccc3O)ccc2F)ncc1C(N)=O)S(C)(=O)=O. The van der Waals surface area contributed by atoms with Crippen LogP contribution in [0.1, 0.15) is 10.4 Å². The number of rotatable bonds is 8. The first-order chi connectivity index (χ1) is 17.5. The Morgan fingerprint density at radius 1 is 1.05 bits per heavy atom. The van der Waals surface area contributed by atoms with Gasteiger partial charge in [0.15, 0.2) is 11.8 Å². The molecule has 0 saturated heterocycles. The summed E-state index contributed by atoms with van der Waals surface area (Å²) in [6.45, 7) is 0. The zero-order chi connectivity index (χ0) is 26.9. The van der Waals surface area contributed by atoms with Gasteiger partial charge in [-0.1, -0.05) is 12.1 Å². The number of hydrogen-bond acceptors (Lipinski definition) is 9. The number of primary amides is 1. The fourth-order valence-electron chi connectivity index (χ4n) is 3.43. The summed E-state index contributed by atoms with van der Waals surface area (Å²) in [7, 11) is -2.23. The van der Waals surface area contributed by atoms with Gasteiger partial charge in [0.05, 0.1) is 29.0 Å². The quantitative estimate of drug-likeness (QED) is 0.231. The molecule has 0 fully saturated rings. The highest BCUT2D eigenvalue weighted by Gasteiger charge is 2.19. The Bertz CT molecular complexity index is 1590. The van der Waals surface area contributed by atoms with Crippen molar-refractivity contribution in [2.24, 2.45) is 5.73 Å². The summed E-state index contributed by atoms with van der Waals surface area (Å²) in [6, 6.07) is 12.7. The second kappa shape index (κ2) is 9.66. The number of anilines is 5. The van der Waals surface area contributed by atoms with Gasteiger partial charge in [-0.2, -0.15) is 4.98 Å². The highest BCUT2D eigenvalue weighted by molar-refractivity contribution is 7.92. The number of para-hydroxylation sites is 2. The monoisotopic (exact) mass is 527 g/mol. The van der Waals surface area contributed by atoms with E-state index in [1.165, 1.54) is 31.3 Å². The number of amides is 1. The minimum absolute atomic E-state index is 0.0587. The lowest BCUT2D eigenvalue weighted by atomic mass is 10.2. The largest absolute Gasteiger partial charge is 0.494 e. The smallest absolute Gasteiger partial charge is 0.254 e. The Labute approximate surface area is 210 Å². The molecule has 12 nitrogen and oxygen atoms in total. The maximum atomic E-state index is 14.6. The number of carbonyl (C=O) groups excluding carboxylic acids is 1. The molecule has 0 aliphatic rings. The molecule has 192 valence electrons. The lowest BCUT2D eigenvalue weighted by Gasteiger charge is -2.21. The van der Waals surface area contributed by atoms with Crippen molar-refractivity contribution in [2.45, 2.75) is 0 Å². The maximum Gasteiger partial charge on any atom is 0.254 e. The molecule has 0 aliphatic carbocycles. The maximum absolute atomic E-state index is 14.6. The molecule has 0 bridgehead atoms. The molecular weight excluding hydrogens is 505 g/mol. The molecule has 4 aromatic rings. The second-order valence-corrected chi connectivity index (χ2v) is 9.88. The molecule has 1 amide bonds. The summed E-state index contributed by atoms with van der Waals surface area (Å²) in [4.78, 5) is 20.3. The zero-order valence-corrected chi connectivity index (χ0v) is 20.4. The minimum Gasteiger partial charge on any atom is -0.494 e. The summed E-state index contributed by atoms with van der Waals surface area (Å²) < 4.78 is 40.9. The van der Waals surface area contributed by atoms with E-state index in [2.05, 4.69) is 20.6 Å². The van der Waals surface area contributed by atoms with Crippen LogP contribution in [0.4, 0.5) is 33.2 Å². The van der Waals surface area contributed by atoms with E-state index < -0.39 is 21.7 Å². The zero-order valence-electron chi connectivity index (χ0n) is 19.5. The predicted octanol–water partition coefficient (Wildman–Crippen LogP) is 2.80. The first-order valence-corrected chi connectivity index (χ1v) is 12.4. The van der Waals surface area contributed by atoms with Gasteiger partial charge in [-0.3, -0.25) is 13.7 Å². The van der Waals surface area contributed by atoms with E-state index in [1.807, 2.05) is 0 Å². The number of carbonyl (C=O) groups is 1. The lowest BCUT2D eigenvalue weighted by molar-refractivity contribution is 0.100. The summed E-state index contributed by atoms with van der Waals surface area (Å²) in [5.74, 6) is -2.25. The van der Waals surface area contributed by atoms with Crippen LogP contribution in [-0.4, -0.2) is 52.4 Å². The van der Waals surface area contributed by atoms with Crippen molar-refractivity contribution in [3.63, 3.8) is 0 Å². The Kier molecular flexibility index (Phi) is 6.59. The normalized spacial score (nSPS) is 11.2. The van der Waals surface area contributed by atoms with Crippen molar-refractivity contribution in [1.29, 1.82) is 0 Å². The molecule has 0 unspecified atom stereocenters. The number of benzene rings is 2. The number of hydrogen-bond donors (Lipinski definition) is 5. The molecule has 14 heteroatoms. The topological polar surface area (TPSA) is 176 Å². The van der Waals surface area contributed by atoms with Crippen LogP contribution in [0.15, 0.2) is 60.8 Å². The van der Waals surface area contributed by atoms with E-state index in [1.54, 1.807) is 24.3 Å². The van der Waals surface area contributed by atoms with Crippen LogP contribution < -0.4 is 20.7 Å². The minimum atomic E-state index is -3.60. The lowest BCUT2D eigenvalue weighted by Crippen LogP contribution is -2.25. The highest BCUT2D eigenvalue weighted by Crippen LogP contribution is 2.32. The van der Waals surface area contributed by atoms with Crippen molar-refractivity contribution in [3.8, 4) is 17.4 Å². The molecule has 2 heterocycles. The van der Waals surface area contributed by atoms with Gasteiger partial charge in [-0.05, 0) is 30.3 Å². The van der Waals surface area contributed by atoms with Crippen molar-refractivity contribution in [1.82, 2.24) is 14.5 Å². The van der Waals surface area contributed by atoms with E-state index in [-0.39, 0.29) is 46.2 Å². The third kappa shape index (κ3) is 5.23. The molecule has 0 aliphatic heterocycles. The third-order valence-electron chi connectivity index (χ3n) is 5.34. The van der Waals surface area contributed by atoms with Gasteiger partial charge in [0.1, 0.15) is 17.2 Å². The molecule has 4 rings (SSSR count). The van der Waals surface area contributed by atoms with Gasteiger partial charge >= 0.3 is 0 Å². The molecular formula is C23H22FN7O5S. The number of sulfonamides is 1. The predicted molar refractivity (Wildman–Crippen MR) is 136 cm³/mol. The Balaban J connectivity index is 1.72. The molecule has 0 saturated carbocycles. The highest BCUT2D eigenvalue weighted by atomic mass is 32.2. The number of nitrogens with zero attached hydrogens (tertiary/aromatic N) is 4. The van der Waals surface area contributed by atoms with Crippen LogP contribution in [0.2, 0.25) is 0 Å². The van der Waals surface area contributed by atoms with Gasteiger partial charge in [-0.15, -0.1) is 0 Å². The Morgan fingerprint density at radius 2 is 1.73 bits per heavy atom.